The van der Waals surface area contributed by atoms with Crippen LogP contribution in [0.5, 0.6) is 0 Å². The van der Waals surface area contributed by atoms with E-state index >= 15 is 0 Å². The Morgan fingerprint density at radius 2 is 2.13 bits per heavy atom. The minimum atomic E-state index is 0.0426. The molecule has 0 spiro atoms. The Hall–Kier alpha value is -0.580. The summed E-state index contributed by atoms with van der Waals surface area (Å²) >= 11 is 2.31. The quantitative estimate of drug-likeness (QED) is 0.516. The van der Waals surface area contributed by atoms with E-state index in [2.05, 4.69) is 27.9 Å². The summed E-state index contributed by atoms with van der Waals surface area (Å²) in [5.74, 6) is 0.0426. The number of hydrogen-bond acceptors (Lipinski definition) is 1. The van der Waals surface area contributed by atoms with E-state index in [0.717, 1.165) is 34.1 Å². The summed E-state index contributed by atoms with van der Waals surface area (Å²) in [5.41, 5.74) is 3.03. The number of benzene rings is 1. The van der Waals surface area contributed by atoms with Gasteiger partial charge in [0, 0.05) is 16.5 Å². The van der Waals surface area contributed by atoms with Gasteiger partial charge in [-0.1, -0.05) is 34.7 Å². The maximum Gasteiger partial charge on any atom is 0.251 e. The molecule has 0 aliphatic rings. The van der Waals surface area contributed by atoms with Gasteiger partial charge in [-0.05, 0) is 37.5 Å². The highest BCUT2D eigenvalue weighted by molar-refractivity contribution is 14.1. The molecule has 0 atom stereocenters. The molecule has 0 aliphatic carbocycles. The van der Waals surface area contributed by atoms with Crippen LogP contribution in [0.1, 0.15) is 27.9 Å². The number of hydrogen-bond donors (Lipinski definition) is 1. The number of carbonyl (C=O) groups is 1. The Kier molecular flexibility index (Phi) is 5.08. The number of halogens is 1. The molecule has 0 saturated heterocycles. The lowest BCUT2D eigenvalue weighted by molar-refractivity contribution is 0.0953. The van der Waals surface area contributed by atoms with Crippen molar-refractivity contribution in [2.45, 2.75) is 20.3 Å². The number of nitrogens with one attached hydrogen (secondary N) is 1. The average molecular weight is 317 g/mol. The third-order valence-corrected chi connectivity index (χ3v) is 3.21. The number of aryl methyl sites for hydroxylation is 1. The van der Waals surface area contributed by atoms with Crippen molar-refractivity contribution in [3.05, 3.63) is 34.9 Å². The molecule has 15 heavy (non-hydrogen) atoms. The normalized spacial score (nSPS) is 10.1. The van der Waals surface area contributed by atoms with Gasteiger partial charge < -0.3 is 5.32 Å². The Morgan fingerprint density at radius 3 is 2.80 bits per heavy atom. The van der Waals surface area contributed by atoms with Gasteiger partial charge in [-0.15, -0.1) is 0 Å². The Labute approximate surface area is 105 Å². The van der Waals surface area contributed by atoms with Crippen LogP contribution < -0.4 is 5.32 Å². The largest absolute Gasteiger partial charge is 0.352 e. The van der Waals surface area contributed by atoms with Gasteiger partial charge in [0.15, 0.2) is 0 Å². The molecular weight excluding hydrogens is 301 g/mol. The molecule has 0 unspecified atom stereocenters. The second-order valence-electron chi connectivity index (χ2n) is 3.55. The molecule has 1 amide bonds. The zero-order valence-corrected chi connectivity index (χ0v) is 11.3. The van der Waals surface area contributed by atoms with E-state index in [9.17, 15) is 4.79 Å². The fourth-order valence-corrected chi connectivity index (χ4v) is 1.74. The third kappa shape index (κ3) is 3.48. The van der Waals surface area contributed by atoms with Crippen molar-refractivity contribution in [3.63, 3.8) is 0 Å². The maximum atomic E-state index is 11.8. The van der Waals surface area contributed by atoms with Crippen molar-refractivity contribution in [3.8, 4) is 0 Å². The molecule has 0 saturated carbocycles. The predicted molar refractivity (Wildman–Crippen MR) is 71.8 cm³/mol. The first-order chi connectivity index (χ1) is 7.16. The van der Waals surface area contributed by atoms with Crippen LogP contribution in [0.3, 0.4) is 0 Å². The van der Waals surface area contributed by atoms with E-state index in [1.54, 1.807) is 0 Å². The van der Waals surface area contributed by atoms with Crippen LogP contribution in [0.15, 0.2) is 18.2 Å². The van der Waals surface area contributed by atoms with Crippen LogP contribution in [0.25, 0.3) is 0 Å². The standard InChI is InChI=1S/C12H16INO/c1-9-5-3-6-11(10(9)2)12(15)14-8-4-7-13/h3,5-6H,4,7-8H2,1-2H3,(H,14,15). The molecular formula is C12H16INO. The molecule has 0 bridgehead atoms. The van der Waals surface area contributed by atoms with Crippen molar-refractivity contribution in [2.75, 3.05) is 11.0 Å². The van der Waals surface area contributed by atoms with Crippen molar-refractivity contribution in [2.24, 2.45) is 0 Å². The predicted octanol–water partition coefficient (Wildman–Crippen LogP) is 2.86. The van der Waals surface area contributed by atoms with E-state index in [1.165, 1.54) is 0 Å². The fraction of sp³-hybridized carbons (Fsp3) is 0.417. The summed E-state index contributed by atoms with van der Waals surface area (Å²) in [6.45, 7) is 4.77. The second kappa shape index (κ2) is 6.10. The van der Waals surface area contributed by atoms with Gasteiger partial charge in [0.25, 0.3) is 5.91 Å². The molecule has 0 radical (unpaired) electrons. The van der Waals surface area contributed by atoms with Crippen LogP contribution in [-0.2, 0) is 0 Å². The fourth-order valence-electron chi connectivity index (χ4n) is 1.36. The topological polar surface area (TPSA) is 29.1 Å². The first-order valence-corrected chi connectivity index (χ1v) is 6.59. The Morgan fingerprint density at radius 1 is 1.40 bits per heavy atom. The minimum absolute atomic E-state index is 0.0426. The zero-order valence-electron chi connectivity index (χ0n) is 9.14. The highest BCUT2D eigenvalue weighted by atomic mass is 127. The van der Waals surface area contributed by atoms with Crippen molar-refractivity contribution in [1.82, 2.24) is 5.32 Å². The summed E-state index contributed by atoms with van der Waals surface area (Å²) in [6, 6.07) is 5.83. The van der Waals surface area contributed by atoms with E-state index in [4.69, 9.17) is 0 Å². The molecule has 0 aromatic heterocycles. The second-order valence-corrected chi connectivity index (χ2v) is 4.62. The van der Waals surface area contributed by atoms with E-state index < -0.39 is 0 Å². The minimum Gasteiger partial charge on any atom is -0.352 e. The molecule has 0 aliphatic heterocycles. The number of alkyl halides is 1. The number of carbonyl (C=O) groups excluding carboxylic acids is 1. The van der Waals surface area contributed by atoms with Gasteiger partial charge >= 0.3 is 0 Å². The van der Waals surface area contributed by atoms with Crippen molar-refractivity contribution in [1.29, 1.82) is 0 Å². The van der Waals surface area contributed by atoms with Gasteiger partial charge in [0.05, 0.1) is 0 Å². The highest BCUT2D eigenvalue weighted by Gasteiger charge is 2.08. The molecule has 1 aromatic rings. The average Bonchev–Trinajstić information content (AvgIpc) is 2.22. The molecule has 0 heterocycles. The summed E-state index contributed by atoms with van der Waals surface area (Å²) < 4.78 is 1.07. The van der Waals surface area contributed by atoms with Crippen molar-refractivity contribution < 1.29 is 4.79 Å². The summed E-state index contributed by atoms with van der Waals surface area (Å²) in [7, 11) is 0. The van der Waals surface area contributed by atoms with Gasteiger partial charge in [-0.2, -0.15) is 0 Å². The van der Waals surface area contributed by atoms with E-state index in [0.29, 0.717) is 0 Å². The van der Waals surface area contributed by atoms with Crippen LogP contribution in [-0.4, -0.2) is 16.9 Å². The van der Waals surface area contributed by atoms with Gasteiger partial charge in [0.2, 0.25) is 0 Å². The SMILES string of the molecule is Cc1cccc(C(=O)NCCCI)c1C. The van der Waals surface area contributed by atoms with Crippen LogP contribution in [0.2, 0.25) is 0 Å². The number of amides is 1. The summed E-state index contributed by atoms with van der Waals surface area (Å²) in [5, 5.41) is 2.92. The highest BCUT2D eigenvalue weighted by Crippen LogP contribution is 2.12. The number of rotatable bonds is 4. The lowest BCUT2D eigenvalue weighted by atomic mass is 10.0. The zero-order chi connectivity index (χ0) is 11.3. The monoisotopic (exact) mass is 317 g/mol. The van der Waals surface area contributed by atoms with Gasteiger partial charge in [-0.3, -0.25) is 4.79 Å². The van der Waals surface area contributed by atoms with Crippen LogP contribution >= 0.6 is 22.6 Å². The summed E-state index contributed by atoms with van der Waals surface area (Å²) in [4.78, 5) is 11.8. The third-order valence-electron chi connectivity index (χ3n) is 2.45. The first kappa shape index (κ1) is 12.5. The Balaban J connectivity index is 2.69. The Bertz CT molecular complexity index is 349. The van der Waals surface area contributed by atoms with Crippen LogP contribution in [0.4, 0.5) is 0 Å². The molecule has 82 valence electrons. The molecule has 2 nitrogen and oxygen atoms in total. The summed E-state index contributed by atoms with van der Waals surface area (Å²) in [6.07, 6.45) is 1.02. The molecule has 1 N–H and O–H groups in total. The van der Waals surface area contributed by atoms with E-state index in [1.807, 2.05) is 32.0 Å². The lowest BCUT2D eigenvalue weighted by Gasteiger charge is -2.08. The molecule has 1 aromatic carbocycles. The van der Waals surface area contributed by atoms with Crippen molar-refractivity contribution >= 4 is 28.5 Å². The van der Waals surface area contributed by atoms with Gasteiger partial charge in [0.1, 0.15) is 0 Å². The molecule has 3 heteroatoms. The van der Waals surface area contributed by atoms with E-state index in [-0.39, 0.29) is 5.91 Å². The van der Waals surface area contributed by atoms with Gasteiger partial charge in [-0.25, -0.2) is 0 Å². The lowest BCUT2D eigenvalue weighted by Crippen LogP contribution is -2.25. The smallest absolute Gasteiger partial charge is 0.251 e. The first-order valence-electron chi connectivity index (χ1n) is 5.07. The van der Waals surface area contributed by atoms with Crippen LogP contribution in [0, 0.1) is 13.8 Å². The maximum absolute atomic E-state index is 11.8. The molecule has 1 rings (SSSR count). The molecule has 0 fully saturated rings.